The highest BCUT2D eigenvalue weighted by molar-refractivity contribution is 7.55. The molecule has 0 radical (unpaired) electrons. The first-order chi connectivity index (χ1) is 12.5. The Morgan fingerprint density at radius 2 is 1.08 bits per heavy atom. The standard InChI is InChI=1S/C16H22N2O6P2/c1-3-21-25(19,22-4-2)17-18-26(20,23-15-11-7-5-8-12-15)24-16-13-9-6-10-14-16/h5-14H,3-4H2,1-2H3,(H,17,19)(H,18,20). The molecule has 0 saturated carbocycles. The molecule has 0 aliphatic heterocycles. The van der Waals surface area contributed by atoms with E-state index in [4.69, 9.17) is 18.1 Å². The largest absolute Gasteiger partial charge is 0.526 e. The molecule has 0 amide bonds. The molecule has 0 aliphatic carbocycles. The minimum atomic E-state index is -4.00. The van der Waals surface area contributed by atoms with Gasteiger partial charge in [0, 0.05) is 0 Å². The molecule has 0 fully saturated rings. The van der Waals surface area contributed by atoms with Crippen molar-refractivity contribution in [1.29, 1.82) is 0 Å². The van der Waals surface area contributed by atoms with Crippen LogP contribution in [0.3, 0.4) is 0 Å². The molecule has 0 saturated heterocycles. The van der Waals surface area contributed by atoms with Gasteiger partial charge in [-0.15, -0.1) is 10.4 Å². The Hall–Kier alpha value is -1.66. The van der Waals surface area contributed by atoms with E-state index in [1.54, 1.807) is 74.5 Å². The molecule has 142 valence electrons. The predicted molar refractivity (Wildman–Crippen MR) is 98.9 cm³/mol. The molecule has 0 heterocycles. The van der Waals surface area contributed by atoms with Crippen LogP contribution in [0.2, 0.25) is 0 Å². The Labute approximate surface area is 153 Å². The highest BCUT2D eigenvalue weighted by atomic mass is 31.2. The second kappa shape index (κ2) is 9.88. The van der Waals surface area contributed by atoms with Gasteiger partial charge in [0.15, 0.2) is 0 Å². The van der Waals surface area contributed by atoms with Gasteiger partial charge in [-0.1, -0.05) is 36.4 Å². The first-order valence-corrected chi connectivity index (χ1v) is 11.1. The molecule has 0 atom stereocenters. The van der Waals surface area contributed by atoms with Gasteiger partial charge in [-0.3, -0.25) is 9.05 Å². The first-order valence-electron chi connectivity index (χ1n) is 8.01. The van der Waals surface area contributed by atoms with E-state index >= 15 is 0 Å². The van der Waals surface area contributed by atoms with Gasteiger partial charge in [-0.05, 0) is 38.1 Å². The van der Waals surface area contributed by atoms with Crippen LogP contribution < -0.4 is 19.4 Å². The maximum absolute atomic E-state index is 13.2. The summed E-state index contributed by atoms with van der Waals surface area (Å²) in [6.07, 6.45) is 0. The zero-order chi connectivity index (χ0) is 18.9. The van der Waals surface area contributed by atoms with E-state index in [0.29, 0.717) is 11.5 Å². The number of nitrogens with one attached hydrogen (secondary N) is 2. The summed E-state index contributed by atoms with van der Waals surface area (Å²) in [5, 5.41) is 4.68. The summed E-state index contributed by atoms with van der Waals surface area (Å²) >= 11 is 0. The van der Waals surface area contributed by atoms with E-state index < -0.39 is 15.5 Å². The van der Waals surface area contributed by atoms with E-state index in [1.807, 2.05) is 0 Å². The van der Waals surface area contributed by atoms with Gasteiger partial charge < -0.3 is 9.05 Å². The van der Waals surface area contributed by atoms with Crippen molar-refractivity contribution in [2.75, 3.05) is 13.2 Å². The van der Waals surface area contributed by atoms with Crippen molar-refractivity contribution in [2.45, 2.75) is 13.8 Å². The lowest BCUT2D eigenvalue weighted by atomic mass is 10.3. The molecule has 10 heteroatoms. The van der Waals surface area contributed by atoms with Gasteiger partial charge in [-0.25, -0.2) is 9.13 Å². The summed E-state index contributed by atoms with van der Waals surface area (Å²) in [5.41, 5.74) is 0. The Kier molecular flexibility index (Phi) is 7.85. The number of hydrogen-bond acceptors (Lipinski definition) is 6. The van der Waals surface area contributed by atoms with Crippen molar-refractivity contribution in [1.82, 2.24) is 10.4 Å². The number of para-hydroxylation sites is 2. The molecule has 2 rings (SSSR count). The normalized spacial score (nSPS) is 11.9. The smallest absolute Gasteiger partial charge is 0.404 e. The highest BCUT2D eigenvalue weighted by Gasteiger charge is 2.34. The summed E-state index contributed by atoms with van der Waals surface area (Å²) in [6, 6.07) is 16.9. The van der Waals surface area contributed by atoms with E-state index in [0.717, 1.165) is 0 Å². The summed E-state index contributed by atoms with van der Waals surface area (Å²) in [4.78, 5) is 0. The van der Waals surface area contributed by atoms with Crippen molar-refractivity contribution < 1.29 is 27.2 Å². The summed E-state index contributed by atoms with van der Waals surface area (Å²) in [7, 11) is -7.72. The van der Waals surface area contributed by atoms with Crippen molar-refractivity contribution in [2.24, 2.45) is 0 Å². The maximum Gasteiger partial charge on any atom is 0.526 e. The summed E-state index contributed by atoms with van der Waals surface area (Å²) in [6.45, 7) is 3.59. The van der Waals surface area contributed by atoms with Crippen LogP contribution in [0.5, 0.6) is 11.5 Å². The molecule has 0 bridgehead atoms. The van der Waals surface area contributed by atoms with Gasteiger partial charge in [0.2, 0.25) is 0 Å². The average molecular weight is 400 g/mol. The second-order valence-corrected chi connectivity index (χ2v) is 8.18. The topological polar surface area (TPSA) is 95.1 Å². The minimum Gasteiger partial charge on any atom is -0.404 e. The van der Waals surface area contributed by atoms with Gasteiger partial charge in [0.1, 0.15) is 11.5 Å². The Morgan fingerprint density at radius 3 is 1.46 bits per heavy atom. The van der Waals surface area contributed by atoms with Crippen LogP contribution in [-0.2, 0) is 18.2 Å². The Balaban J connectivity index is 2.19. The molecular formula is C16H22N2O6P2. The maximum atomic E-state index is 13.2. The third-order valence-electron chi connectivity index (χ3n) is 2.86. The fraction of sp³-hybridized carbons (Fsp3) is 0.250. The lowest BCUT2D eigenvalue weighted by Gasteiger charge is -2.23. The fourth-order valence-electron chi connectivity index (χ4n) is 1.87. The number of hydrogen-bond donors (Lipinski definition) is 2. The predicted octanol–water partition coefficient (Wildman–Crippen LogP) is 4.53. The lowest BCUT2D eigenvalue weighted by molar-refractivity contribution is 0.207. The molecule has 0 aromatic heterocycles. The van der Waals surface area contributed by atoms with Gasteiger partial charge in [0.25, 0.3) is 0 Å². The van der Waals surface area contributed by atoms with E-state index in [1.165, 1.54) is 0 Å². The molecule has 26 heavy (non-hydrogen) atoms. The fourth-order valence-corrected chi connectivity index (χ4v) is 4.66. The molecular weight excluding hydrogens is 378 g/mol. The van der Waals surface area contributed by atoms with Gasteiger partial charge in [0.05, 0.1) is 13.2 Å². The monoisotopic (exact) mass is 400 g/mol. The SMILES string of the molecule is CCOP(=O)(NNP(=O)(Oc1ccccc1)Oc1ccccc1)OCC. The van der Waals surface area contributed by atoms with Crippen molar-refractivity contribution in [3.8, 4) is 11.5 Å². The van der Waals surface area contributed by atoms with Crippen LogP contribution in [0.1, 0.15) is 13.8 Å². The van der Waals surface area contributed by atoms with Crippen molar-refractivity contribution in [3.05, 3.63) is 60.7 Å². The minimum absolute atomic E-state index is 0.134. The van der Waals surface area contributed by atoms with Crippen molar-refractivity contribution >= 4 is 15.5 Å². The van der Waals surface area contributed by atoms with E-state index in [9.17, 15) is 9.13 Å². The third kappa shape index (κ3) is 6.57. The molecule has 8 nitrogen and oxygen atoms in total. The molecule has 2 aromatic rings. The van der Waals surface area contributed by atoms with Crippen molar-refractivity contribution in [3.63, 3.8) is 0 Å². The van der Waals surface area contributed by atoms with Gasteiger partial charge in [-0.2, -0.15) is 0 Å². The van der Waals surface area contributed by atoms with E-state index in [-0.39, 0.29) is 13.2 Å². The van der Waals surface area contributed by atoms with Crippen LogP contribution >= 0.6 is 15.5 Å². The lowest BCUT2D eigenvalue weighted by Crippen LogP contribution is -2.31. The molecule has 0 aliphatic rings. The zero-order valence-electron chi connectivity index (χ0n) is 14.5. The van der Waals surface area contributed by atoms with Gasteiger partial charge >= 0.3 is 15.5 Å². The van der Waals surface area contributed by atoms with Crippen LogP contribution in [0.15, 0.2) is 60.7 Å². The Morgan fingerprint density at radius 1 is 0.692 bits per heavy atom. The summed E-state index contributed by atoms with van der Waals surface area (Å²) < 4.78 is 46.8. The van der Waals surface area contributed by atoms with Crippen LogP contribution in [-0.4, -0.2) is 13.2 Å². The zero-order valence-corrected chi connectivity index (χ0v) is 16.3. The highest BCUT2D eigenvalue weighted by Crippen LogP contribution is 2.48. The van der Waals surface area contributed by atoms with Crippen LogP contribution in [0.25, 0.3) is 0 Å². The quantitative estimate of drug-likeness (QED) is 0.420. The Bertz CT molecular complexity index is 704. The second-order valence-electron chi connectivity index (χ2n) is 4.86. The average Bonchev–Trinajstić information content (AvgIpc) is 2.62. The molecule has 0 unspecified atom stereocenters. The first kappa shape index (κ1) is 20.6. The van der Waals surface area contributed by atoms with Crippen LogP contribution in [0, 0.1) is 0 Å². The third-order valence-corrected chi connectivity index (χ3v) is 5.91. The number of hydrazine groups is 1. The number of rotatable bonds is 11. The molecule has 2 N–H and O–H groups in total. The molecule has 0 spiro atoms. The molecule has 2 aromatic carbocycles. The number of benzene rings is 2. The summed E-state index contributed by atoms with van der Waals surface area (Å²) in [5.74, 6) is 0.618. The van der Waals surface area contributed by atoms with E-state index in [2.05, 4.69) is 10.4 Å². The van der Waals surface area contributed by atoms with Crippen LogP contribution in [0.4, 0.5) is 0 Å².